The fourth-order valence-corrected chi connectivity index (χ4v) is 1.13. The highest BCUT2D eigenvalue weighted by Gasteiger charge is 2.15. The third-order valence-electron chi connectivity index (χ3n) is 1.87. The Hall–Kier alpha value is -1.20. The number of nitrogens with zero attached hydrogens (tertiary/aromatic N) is 1. The summed E-state index contributed by atoms with van der Waals surface area (Å²) in [6.45, 7) is 0.930. The van der Waals surface area contributed by atoms with Crippen molar-refractivity contribution in [3.05, 3.63) is 22.8 Å². The van der Waals surface area contributed by atoms with Crippen molar-refractivity contribution in [3.63, 3.8) is 0 Å². The van der Waals surface area contributed by atoms with Crippen LogP contribution < -0.4 is 5.73 Å². The van der Waals surface area contributed by atoms with Crippen LogP contribution in [-0.4, -0.2) is 15.2 Å². The lowest BCUT2D eigenvalue weighted by atomic mass is 10.1. The minimum absolute atomic E-state index is 0.0258. The summed E-state index contributed by atoms with van der Waals surface area (Å²) in [7, 11) is 0. The SMILES string of the molecule is Cc1nc(F)c(CO)c(CN)c1O. The van der Waals surface area contributed by atoms with E-state index in [-0.39, 0.29) is 29.1 Å². The number of nitrogens with two attached hydrogens (primary N) is 1. The number of aliphatic hydroxyl groups is 1. The molecular formula is C8H11FN2O2. The molecule has 0 unspecified atom stereocenters. The number of rotatable bonds is 2. The Morgan fingerprint density at radius 2 is 2.08 bits per heavy atom. The van der Waals surface area contributed by atoms with E-state index in [4.69, 9.17) is 10.8 Å². The lowest BCUT2D eigenvalue weighted by molar-refractivity contribution is 0.271. The molecule has 0 fully saturated rings. The fourth-order valence-electron chi connectivity index (χ4n) is 1.13. The zero-order valence-corrected chi connectivity index (χ0v) is 7.21. The molecule has 0 radical (unpaired) electrons. The highest BCUT2D eigenvalue weighted by Crippen LogP contribution is 2.25. The molecule has 0 spiro atoms. The third kappa shape index (κ3) is 1.61. The van der Waals surface area contributed by atoms with Gasteiger partial charge in [0.15, 0.2) is 0 Å². The summed E-state index contributed by atoms with van der Waals surface area (Å²) >= 11 is 0. The second kappa shape index (κ2) is 3.68. The number of hydrogen-bond acceptors (Lipinski definition) is 4. The Kier molecular flexibility index (Phi) is 2.79. The van der Waals surface area contributed by atoms with Gasteiger partial charge in [0.05, 0.1) is 12.3 Å². The Morgan fingerprint density at radius 1 is 1.46 bits per heavy atom. The molecular weight excluding hydrogens is 175 g/mol. The minimum Gasteiger partial charge on any atom is -0.506 e. The quantitative estimate of drug-likeness (QED) is 0.576. The number of hydrogen-bond donors (Lipinski definition) is 3. The van der Waals surface area contributed by atoms with E-state index in [9.17, 15) is 9.50 Å². The molecule has 0 saturated heterocycles. The van der Waals surface area contributed by atoms with Crippen molar-refractivity contribution in [3.8, 4) is 5.75 Å². The predicted octanol–water partition coefficient (Wildman–Crippen LogP) is 0.186. The van der Waals surface area contributed by atoms with E-state index < -0.39 is 12.6 Å². The summed E-state index contributed by atoms with van der Waals surface area (Å²) in [5, 5.41) is 18.2. The molecule has 0 aliphatic rings. The van der Waals surface area contributed by atoms with Gasteiger partial charge >= 0.3 is 0 Å². The molecule has 5 heteroatoms. The smallest absolute Gasteiger partial charge is 0.219 e. The highest BCUT2D eigenvalue weighted by molar-refractivity contribution is 5.40. The molecule has 13 heavy (non-hydrogen) atoms. The summed E-state index contributed by atoms with van der Waals surface area (Å²) in [6, 6.07) is 0. The lowest BCUT2D eigenvalue weighted by Crippen LogP contribution is -2.07. The van der Waals surface area contributed by atoms with E-state index in [1.54, 1.807) is 0 Å². The van der Waals surface area contributed by atoms with Crippen molar-refractivity contribution < 1.29 is 14.6 Å². The summed E-state index contributed by atoms with van der Waals surface area (Å²) in [5.41, 5.74) is 5.65. The highest BCUT2D eigenvalue weighted by atomic mass is 19.1. The van der Waals surface area contributed by atoms with Crippen molar-refractivity contribution in [1.29, 1.82) is 0 Å². The van der Waals surface area contributed by atoms with Crippen LogP contribution in [-0.2, 0) is 13.2 Å². The Morgan fingerprint density at radius 3 is 2.54 bits per heavy atom. The van der Waals surface area contributed by atoms with Gasteiger partial charge in [-0.1, -0.05) is 0 Å². The summed E-state index contributed by atoms with van der Waals surface area (Å²) < 4.78 is 13.0. The van der Waals surface area contributed by atoms with E-state index in [1.165, 1.54) is 6.92 Å². The first-order valence-corrected chi connectivity index (χ1v) is 3.79. The molecule has 0 amide bonds. The Bertz CT molecular complexity index is 328. The lowest BCUT2D eigenvalue weighted by Gasteiger charge is -2.09. The van der Waals surface area contributed by atoms with Gasteiger partial charge in [-0.15, -0.1) is 0 Å². The van der Waals surface area contributed by atoms with Gasteiger partial charge < -0.3 is 15.9 Å². The first-order valence-electron chi connectivity index (χ1n) is 3.79. The van der Waals surface area contributed by atoms with Crippen LogP contribution in [0.3, 0.4) is 0 Å². The third-order valence-corrected chi connectivity index (χ3v) is 1.87. The van der Waals surface area contributed by atoms with Gasteiger partial charge in [0, 0.05) is 17.7 Å². The summed E-state index contributed by atoms with van der Waals surface area (Å²) in [5.74, 6) is -0.925. The Labute approximate surface area is 74.8 Å². The maximum atomic E-state index is 13.0. The molecule has 4 N–H and O–H groups in total. The second-order valence-corrected chi connectivity index (χ2v) is 2.66. The van der Waals surface area contributed by atoms with Gasteiger partial charge in [-0.2, -0.15) is 4.39 Å². The molecule has 1 aromatic heterocycles. The summed E-state index contributed by atoms with van der Waals surface area (Å²) in [4.78, 5) is 3.42. The largest absolute Gasteiger partial charge is 0.506 e. The molecule has 0 atom stereocenters. The van der Waals surface area contributed by atoms with Gasteiger partial charge in [-0.05, 0) is 6.92 Å². The number of halogens is 1. The van der Waals surface area contributed by atoms with Crippen LogP contribution in [0.4, 0.5) is 4.39 Å². The number of pyridine rings is 1. The average Bonchev–Trinajstić information content (AvgIpc) is 2.10. The van der Waals surface area contributed by atoms with E-state index in [1.807, 2.05) is 0 Å². The number of aromatic hydroxyl groups is 1. The van der Waals surface area contributed by atoms with Crippen molar-refractivity contribution in [2.45, 2.75) is 20.1 Å². The van der Waals surface area contributed by atoms with Crippen molar-refractivity contribution >= 4 is 0 Å². The number of aryl methyl sites for hydroxylation is 1. The molecule has 0 aliphatic heterocycles. The van der Waals surface area contributed by atoms with Crippen molar-refractivity contribution in [2.75, 3.05) is 0 Å². The Balaban J connectivity index is 3.41. The monoisotopic (exact) mass is 186 g/mol. The predicted molar refractivity (Wildman–Crippen MR) is 44.4 cm³/mol. The molecule has 72 valence electrons. The first-order chi connectivity index (χ1) is 6.11. The molecule has 0 saturated carbocycles. The topological polar surface area (TPSA) is 79.4 Å². The molecule has 0 bridgehead atoms. The van der Waals surface area contributed by atoms with Gasteiger partial charge in [-0.25, -0.2) is 4.98 Å². The molecule has 4 nitrogen and oxygen atoms in total. The van der Waals surface area contributed by atoms with Crippen LogP contribution in [0.2, 0.25) is 0 Å². The van der Waals surface area contributed by atoms with Gasteiger partial charge in [0.2, 0.25) is 5.95 Å². The number of aromatic nitrogens is 1. The minimum atomic E-state index is -0.779. The van der Waals surface area contributed by atoms with E-state index in [0.717, 1.165) is 0 Å². The molecule has 1 heterocycles. The maximum absolute atomic E-state index is 13.0. The van der Waals surface area contributed by atoms with Crippen LogP contribution in [0.5, 0.6) is 5.75 Å². The van der Waals surface area contributed by atoms with Crippen LogP contribution in [0.1, 0.15) is 16.8 Å². The van der Waals surface area contributed by atoms with Crippen LogP contribution in [0, 0.1) is 12.9 Å². The van der Waals surface area contributed by atoms with Crippen molar-refractivity contribution in [2.24, 2.45) is 5.73 Å². The second-order valence-electron chi connectivity index (χ2n) is 2.66. The van der Waals surface area contributed by atoms with E-state index >= 15 is 0 Å². The van der Waals surface area contributed by atoms with Gasteiger partial charge in [-0.3, -0.25) is 0 Å². The van der Waals surface area contributed by atoms with E-state index in [2.05, 4.69) is 4.98 Å². The molecule has 0 aromatic carbocycles. The van der Waals surface area contributed by atoms with Gasteiger partial charge in [0.1, 0.15) is 5.75 Å². The van der Waals surface area contributed by atoms with Gasteiger partial charge in [0.25, 0.3) is 0 Å². The number of aliphatic hydroxyl groups excluding tert-OH is 1. The van der Waals surface area contributed by atoms with Crippen LogP contribution >= 0.6 is 0 Å². The molecule has 0 aliphatic carbocycles. The first kappa shape index (κ1) is 9.88. The summed E-state index contributed by atoms with van der Waals surface area (Å²) in [6.07, 6.45) is 0. The zero-order valence-electron chi connectivity index (χ0n) is 7.21. The average molecular weight is 186 g/mol. The van der Waals surface area contributed by atoms with Crippen molar-refractivity contribution in [1.82, 2.24) is 4.98 Å². The standard InChI is InChI=1S/C8H11FN2O2/c1-4-7(13)5(2-10)6(3-12)8(9)11-4/h12-13H,2-3,10H2,1H3. The zero-order chi connectivity index (χ0) is 10.0. The molecule has 1 aromatic rings. The maximum Gasteiger partial charge on any atom is 0.219 e. The molecule has 1 rings (SSSR count). The van der Waals surface area contributed by atoms with Crippen LogP contribution in [0.25, 0.3) is 0 Å². The normalized spacial score (nSPS) is 10.5. The van der Waals surface area contributed by atoms with E-state index in [0.29, 0.717) is 0 Å². The fraction of sp³-hybridized carbons (Fsp3) is 0.375. The van der Waals surface area contributed by atoms with Crippen LogP contribution in [0.15, 0.2) is 0 Å².